The van der Waals surface area contributed by atoms with E-state index in [1.165, 1.54) is 12.1 Å². The molecule has 1 aromatic rings. The first-order chi connectivity index (χ1) is 7.97. The van der Waals surface area contributed by atoms with E-state index in [0.717, 1.165) is 18.9 Å². The summed E-state index contributed by atoms with van der Waals surface area (Å²) in [5, 5.41) is 0. The molecule has 0 spiro atoms. The Labute approximate surface area is 101 Å². The zero-order valence-corrected chi connectivity index (χ0v) is 10.3. The topological polar surface area (TPSA) is 17.1 Å². The lowest BCUT2D eigenvalue weighted by atomic mass is 10.0. The average molecular weight is 240 g/mol. The molecule has 1 nitrogen and oxygen atoms in total. The molecule has 0 aromatic heterocycles. The summed E-state index contributed by atoms with van der Waals surface area (Å²) < 4.78 is 25.8. The van der Waals surface area contributed by atoms with E-state index >= 15 is 0 Å². The zero-order valence-electron chi connectivity index (χ0n) is 10.3. The number of rotatable bonds is 6. The highest BCUT2D eigenvalue weighted by atomic mass is 19.1. The largest absolute Gasteiger partial charge is 0.299 e. The Balaban J connectivity index is 2.45. The molecule has 0 unspecified atom stereocenters. The number of Topliss-reactive ketones (excluding diaryl/α,β-unsaturated/α-hetero) is 1. The van der Waals surface area contributed by atoms with E-state index in [4.69, 9.17) is 0 Å². The smallest absolute Gasteiger partial charge is 0.137 e. The number of carbonyl (C=O) groups is 1. The van der Waals surface area contributed by atoms with Gasteiger partial charge in [0.25, 0.3) is 0 Å². The van der Waals surface area contributed by atoms with Crippen molar-refractivity contribution < 1.29 is 13.6 Å². The molecule has 0 aliphatic rings. The van der Waals surface area contributed by atoms with E-state index in [-0.39, 0.29) is 12.2 Å². The summed E-state index contributed by atoms with van der Waals surface area (Å²) in [4.78, 5) is 11.6. The molecule has 0 N–H and O–H groups in total. The van der Waals surface area contributed by atoms with Crippen LogP contribution in [0.1, 0.15) is 38.7 Å². The molecule has 0 heterocycles. The molecule has 3 heteroatoms. The molecular weight excluding hydrogens is 222 g/mol. The van der Waals surface area contributed by atoms with Crippen LogP contribution in [0.5, 0.6) is 0 Å². The van der Waals surface area contributed by atoms with Crippen LogP contribution < -0.4 is 0 Å². The van der Waals surface area contributed by atoms with Gasteiger partial charge in [-0.2, -0.15) is 0 Å². The molecule has 0 saturated heterocycles. The highest BCUT2D eigenvalue weighted by Gasteiger charge is 2.07. The Bertz CT molecular complexity index is 366. The predicted molar refractivity (Wildman–Crippen MR) is 63.8 cm³/mol. The summed E-state index contributed by atoms with van der Waals surface area (Å²) in [7, 11) is 0. The van der Waals surface area contributed by atoms with Gasteiger partial charge in [-0.15, -0.1) is 0 Å². The summed E-state index contributed by atoms with van der Waals surface area (Å²) in [5.74, 6) is -0.643. The van der Waals surface area contributed by atoms with Gasteiger partial charge in [0.15, 0.2) is 0 Å². The quantitative estimate of drug-likeness (QED) is 0.737. The Morgan fingerprint density at radius 1 is 1.18 bits per heavy atom. The van der Waals surface area contributed by atoms with Crippen molar-refractivity contribution in [3.63, 3.8) is 0 Å². The fraction of sp³-hybridized carbons (Fsp3) is 0.500. The second-order valence-electron chi connectivity index (χ2n) is 4.78. The molecular formula is C14H18F2O. The van der Waals surface area contributed by atoms with Gasteiger partial charge >= 0.3 is 0 Å². The molecule has 0 amide bonds. The van der Waals surface area contributed by atoms with Crippen molar-refractivity contribution in [3.05, 3.63) is 35.4 Å². The van der Waals surface area contributed by atoms with Crippen molar-refractivity contribution in [1.82, 2.24) is 0 Å². The Hall–Kier alpha value is -1.25. The highest BCUT2D eigenvalue weighted by Crippen LogP contribution is 2.12. The molecule has 0 atom stereocenters. The second kappa shape index (κ2) is 6.48. The van der Waals surface area contributed by atoms with Crippen LogP contribution in [0.3, 0.4) is 0 Å². The number of carbonyl (C=O) groups excluding carboxylic acids is 1. The van der Waals surface area contributed by atoms with Gasteiger partial charge in [0.2, 0.25) is 0 Å². The molecule has 1 rings (SSSR count). The lowest BCUT2D eigenvalue weighted by Crippen LogP contribution is -2.04. The molecule has 0 bridgehead atoms. The van der Waals surface area contributed by atoms with Crippen LogP contribution >= 0.6 is 0 Å². The van der Waals surface area contributed by atoms with Crippen LogP contribution in [0, 0.1) is 17.6 Å². The minimum atomic E-state index is -0.630. The summed E-state index contributed by atoms with van der Waals surface area (Å²) in [5.41, 5.74) is 0.414. The Morgan fingerprint density at radius 3 is 2.29 bits per heavy atom. The van der Waals surface area contributed by atoms with Gasteiger partial charge in [-0.3, -0.25) is 4.79 Å². The van der Waals surface area contributed by atoms with Crippen molar-refractivity contribution in [1.29, 1.82) is 0 Å². The van der Waals surface area contributed by atoms with Gasteiger partial charge in [-0.25, -0.2) is 8.78 Å². The van der Waals surface area contributed by atoms with E-state index in [0.29, 0.717) is 17.9 Å². The number of ketones is 1. The fourth-order valence-electron chi connectivity index (χ4n) is 1.74. The van der Waals surface area contributed by atoms with Gasteiger partial charge in [-0.05, 0) is 30.0 Å². The molecule has 0 saturated carbocycles. The Morgan fingerprint density at radius 2 is 1.76 bits per heavy atom. The van der Waals surface area contributed by atoms with E-state index in [1.54, 1.807) is 0 Å². The minimum absolute atomic E-state index is 0.0376. The molecule has 1 aromatic carbocycles. The second-order valence-corrected chi connectivity index (χ2v) is 4.78. The minimum Gasteiger partial charge on any atom is -0.299 e. The number of hydrogen-bond acceptors (Lipinski definition) is 1. The third-order valence-electron chi connectivity index (χ3n) is 2.56. The van der Waals surface area contributed by atoms with Gasteiger partial charge < -0.3 is 0 Å². The van der Waals surface area contributed by atoms with E-state index in [2.05, 4.69) is 13.8 Å². The predicted octanol–water partition coefficient (Wildman–Crippen LogP) is 3.90. The fourth-order valence-corrected chi connectivity index (χ4v) is 1.74. The number of benzene rings is 1. The lowest BCUT2D eigenvalue weighted by molar-refractivity contribution is -0.118. The maximum Gasteiger partial charge on any atom is 0.137 e. The van der Waals surface area contributed by atoms with Gasteiger partial charge in [0, 0.05) is 18.9 Å². The maximum atomic E-state index is 12.9. The monoisotopic (exact) mass is 240 g/mol. The third kappa shape index (κ3) is 5.57. The first-order valence-corrected chi connectivity index (χ1v) is 5.94. The Kier molecular flexibility index (Phi) is 5.26. The summed E-state index contributed by atoms with van der Waals surface area (Å²) in [6.45, 7) is 4.21. The molecule has 0 fully saturated rings. The van der Waals surface area contributed by atoms with Crippen LogP contribution in [0.25, 0.3) is 0 Å². The molecule has 0 aliphatic carbocycles. The van der Waals surface area contributed by atoms with Crippen LogP contribution in [0.15, 0.2) is 18.2 Å². The first-order valence-electron chi connectivity index (χ1n) is 5.94. The van der Waals surface area contributed by atoms with Crippen molar-refractivity contribution in [2.45, 2.75) is 39.5 Å². The van der Waals surface area contributed by atoms with Gasteiger partial charge in [-0.1, -0.05) is 20.3 Å². The molecule has 17 heavy (non-hydrogen) atoms. The van der Waals surface area contributed by atoms with Crippen molar-refractivity contribution in [2.75, 3.05) is 0 Å². The third-order valence-corrected chi connectivity index (χ3v) is 2.56. The lowest BCUT2D eigenvalue weighted by Gasteiger charge is -2.04. The van der Waals surface area contributed by atoms with E-state index in [1.807, 2.05) is 0 Å². The van der Waals surface area contributed by atoms with Crippen LogP contribution in [-0.4, -0.2) is 5.78 Å². The van der Waals surface area contributed by atoms with E-state index < -0.39 is 11.6 Å². The zero-order chi connectivity index (χ0) is 12.8. The van der Waals surface area contributed by atoms with Crippen molar-refractivity contribution >= 4 is 5.78 Å². The van der Waals surface area contributed by atoms with Gasteiger partial charge in [0.1, 0.15) is 17.4 Å². The highest BCUT2D eigenvalue weighted by molar-refractivity contribution is 5.80. The van der Waals surface area contributed by atoms with Crippen LogP contribution in [0.4, 0.5) is 8.78 Å². The van der Waals surface area contributed by atoms with Crippen LogP contribution in [0.2, 0.25) is 0 Å². The summed E-state index contributed by atoms with van der Waals surface area (Å²) >= 11 is 0. The van der Waals surface area contributed by atoms with Crippen LogP contribution in [-0.2, 0) is 11.2 Å². The maximum absolute atomic E-state index is 12.9. The van der Waals surface area contributed by atoms with E-state index in [9.17, 15) is 13.6 Å². The summed E-state index contributed by atoms with van der Waals surface area (Å²) in [6, 6.07) is 3.24. The molecule has 0 radical (unpaired) electrons. The number of hydrogen-bond donors (Lipinski definition) is 0. The molecule has 0 aliphatic heterocycles. The number of halogens is 2. The SMILES string of the molecule is CC(C)CCCC(=O)Cc1cc(F)cc(F)c1. The average Bonchev–Trinajstić information content (AvgIpc) is 2.14. The summed E-state index contributed by atoms with van der Waals surface area (Å²) in [6.07, 6.45) is 2.45. The standard InChI is InChI=1S/C14H18F2O/c1-10(2)4-3-5-14(17)8-11-6-12(15)9-13(16)7-11/h6-7,9-10H,3-5,8H2,1-2H3. The molecule has 94 valence electrons. The van der Waals surface area contributed by atoms with Crippen molar-refractivity contribution in [3.8, 4) is 0 Å². The first kappa shape index (κ1) is 13.8. The van der Waals surface area contributed by atoms with Crippen molar-refractivity contribution in [2.24, 2.45) is 5.92 Å². The normalized spacial score (nSPS) is 10.9. The van der Waals surface area contributed by atoms with Gasteiger partial charge in [0.05, 0.1) is 0 Å².